The van der Waals surface area contributed by atoms with Gasteiger partial charge in [-0.2, -0.15) is 0 Å². The summed E-state index contributed by atoms with van der Waals surface area (Å²) in [6.07, 6.45) is 0. The molecule has 0 spiro atoms. The van der Waals surface area contributed by atoms with Crippen molar-refractivity contribution in [1.82, 2.24) is 10.3 Å². The van der Waals surface area contributed by atoms with E-state index in [0.717, 1.165) is 18.0 Å². The van der Waals surface area contributed by atoms with Crippen LogP contribution in [0.25, 0.3) is 0 Å². The highest BCUT2D eigenvalue weighted by Gasteiger charge is 2.05. The average molecular weight is 276 g/mol. The van der Waals surface area contributed by atoms with Crippen molar-refractivity contribution in [3.8, 4) is 5.75 Å². The zero-order valence-electron chi connectivity index (χ0n) is 11.6. The van der Waals surface area contributed by atoms with Crippen molar-refractivity contribution in [3.63, 3.8) is 0 Å². The number of benzene rings is 1. The first-order valence-electron chi connectivity index (χ1n) is 6.47. The van der Waals surface area contributed by atoms with E-state index in [-0.39, 0.29) is 0 Å². The fraction of sp³-hybridized carbons (Fsp3) is 0.400. The van der Waals surface area contributed by atoms with E-state index in [1.165, 1.54) is 10.4 Å². The molecule has 0 aliphatic rings. The van der Waals surface area contributed by atoms with Gasteiger partial charge >= 0.3 is 0 Å². The molecule has 2 rings (SSSR count). The SMILES string of the molecule is Cc1ccc(OCC(C)NCc2scnc2C)cc1. The molecular weight excluding hydrogens is 256 g/mol. The predicted octanol–water partition coefficient (Wildman–Crippen LogP) is 3.32. The topological polar surface area (TPSA) is 34.1 Å². The summed E-state index contributed by atoms with van der Waals surface area (Å²) < 4.78 is 5.75. The van der Waals surface area contributed by atoms with E-state index in [2.05, 4.69) is 36.3 Å². The van der Waals surface area contributed by atoms with Crippen molar-refractivity contribution >= 4 is 11.3 Å². The first kappa shape index (κ1) is 14.0. The molecule has 3 nitrogen and oxygen atoms in total. The summed E-state index contributed by atoms with van der Waals surface area (Å²) in [5.41, 5.74) is 4.25. The fourth-order valence-electron chi connectivity index (χ4n) is 1.68. The van der Waals surface area contributed by atoms with Crippen molar-refractivity contribution in [3.05, 3.63) is 45.9 Å². The van der Waals surface area contributed by atoms with Crippen molar-refractivity contribution in [1.29, 1.82) is 0 Å². The highest BCUT2D eigenvalue weighted by molar-refractivity contribution is 7.09. The van der Waals surface area contributed by atoms with Crippen LogP contribution in [0.1, 0.15) is 23.1 Å². The van der Waals surface area contributed by atoms with Gasteiger partial charge in [0.2, 0.25) is 0 Å². The van der Waals surface area contributed by atoms with Gasteiger partial charge in [0.25, 0.3) is 0 Å². The van der Waals surface area contributed by atoms with Crippen molar-refractivity contribution < 1.29 is 4.74 Å². The molecule has 0 saturated carbocycles. The lowest BCUT2D eigenvalue weighted by molar-refractivity contribution is 0.273. The molecule has 1 aromatic heterocycles. The van der Waals surface area contributed by atoms with Gasteiger partial charge in [0.1, 0.15) is 12.4 Å². The maximum Gasteiger partial charge on any atom is 0.119 e. The van der Waals surface area contributed by atoms with E-state index in [1.807, 2.05) is 24.6 Å². The van der Waals surface area contributed by atoms with Gasteiger partial charge in [-0.15, -0.1) is 11.3 Å². The Morgan fingerprint density at radius 2 is 2.00 bits per heavy atom. The third kappa shape index (κ3) is 4.33. The molecule has 1 N–H and O–H groups in total. The minimum atomic E-state index is 0.308. The van der Waals surface area contributed by atoms with E-state index in [1.54, 1.807) is 11.3 Å². The van der Waals surface area contributed by atoms with Crippen LogP contribution in [0.2, 0.25) is 0 Å². The summed E-state index contributed by atoms with van der Waals surface area (Å²) in [5.74, 6) is 0.924. The molecule has 1 heterocycles. The largest absolute Gasteiger partial charge is 0.492 e. The van der Waals surface area contributed by atoms with Crippen molar-refractivity contribution in [2.45, 2.75) is 33.4 Å². The maximum atomic E-state index is 5.75. The molecule has 0 radical (unpaired) electrons. The molecule has 19 heavy (non-hydrogen) atoms. The Bertz CT molecular complexity index is 507. The minimum Gasteiger partial charge on any atom is -0.492 e. The molecule has 0 bridgehead atoms. The second-order valence-electron chi connectivity index (χ2n) is 4.77. The molecule has 0 saturated heterocycles. The molecule has 2 aromatic rings. The number of rotatable bonds is 6. The van der Waals surface area contributed by atoms with Gasteiger partial charge < -0.3 is 10.1 Å². The highest BCUT2D eigenvalue weighted by atomic mass is 32.1. The van der Waals surface area contributed by atoms with Gasteiger partial charge in [0.15, 0.2) is 0 Å². The van der Waals surface area contributed by atoms with E-state index >= 15 is 0 Å². The lowest BCUT2D eigenvalue weighted by atomic mass is 10.2. The number of thiazole rings is 1. The lowest BCUT2D eigenvalue weighted by Crippen LogP contribution is -2.31. The minimum absolute atomic E-state index is 0.308. The van der Waals surface area contributed by atoms with Gasteiger partial charge in [-0.1, -0.05) is 17.7 Å². The molecule has 1 aromatic carbocycles. The van der Waals surface area contributed by atoms with E-state index < -0.39 is 0 Å². The van der Waals surface area contributed by atoms with Crippen LogP contribution >= 0.6 is 11.3 Å². The Morgan fingerprint density at radius 3 is 2.63 bits per heavy atom. The van der Waals surface area contributed by atoms with Crippen molar-refractivity contribution in [2.75, 3.05) is 6.61 Å². The van der Waals surface area contributed by atoms with E-state index in [0.29, 0.717) is 12.6 Å². The highest BCUT2D eigenvalue weighted by Crippen LogP contribution is 2.13. The number of aryl methyl sites for hydroxylation is 2. The van der Waals surface area contributed by atoms with Crippen LogP contribution in [0.15, 0.2) is 29.8 Å². The smallest absolute Gasteiger partial charge is 0.119 e. The molecule has 0 aliphatic heterocycles. The van der Waals surface area contributed by atoms with E-state index in [4.69, 9.17) is 4.74 Å². The predicted molar refractivity (Wildman–Crippen MR) is 79.8 cm³/mol. The van der Waals surface area contributed by atoms with Crippen LogP contribution in [-0.4, -0.2) is 17.6 Å². The van der Waals surface area contributed by atoms with Crippen molar-refractivity contribution in [2.24, 2.45) is 0 Å². The second kappa shape index (κ2) is 6.68. The molecule has 0 aliphatic carbocycles. The first-order chi connectivity index (χ1) is 9.15. The van der Waals surface area contributed by atoms with Crippen LogP contribution in [0, 0.1) is 13.8 Å². The monoisotopic (exact) mass is 276 g/mol. The second-order valence-corrected chi connectivity index (χ2v) is 5.71. The summed E-state index contributed by atoms with van der Waals surface area (Å²) in [4.78, 5) is 5.54. The molecule has 0 fully saturated rings. The van der Waals surface area contributed by atoms with Gasteiger partial charge in [-0.3, -0.25) is 0 Å². The summed E-state index contributed by atoms with van der Waals surface area (Å²) in [7, 11) is 0. The third-order valence-electron chi connectivity index (χ3n) is 2.98. The number of hydrogen-bond acceptors (Lipinski definition) is 4. The van der Waals surface area contributed by atoms with Crippen LogP contribution in [0.5, 0.6) is 5.75 Å². The fourth-order valence-corrected chi connectivity index (χ4v) is 2.41. The molecule has 102 valence electrons. The number of nitrogens with zero attached hydrogens (tertiary/aromatic N) is 1. The third-order valence-corrected chi connectivity index (χ3v) is 3.91. The quantitative estimate of drug-likeness (QED) is 0.879. The average Bonchev–Trinajstić information content (AvgIpc) is 2.81. The summed E-state index contributed by atoms with van der Waals surface area (Å²) >= 11 is 1.69. The number of ether oxygens (including phenoxy) is 1. The van der Waals surface area contributed by atoms with Gasteiger partial charge in [0.05, 0.1) is 11.2 Å². The van der Waals surface area contributed by atoms with Gasteiger partial charge in [0, 0.05) is 17.5 Å². The molecule has 4 heteroatoms. The van der Waals surface area contributed by atoms with Crippen LogP contribution < -0.4 is 10.1 Å². The Hall–Kier alpha value is -1.39. The Kier molecular flexibility index (Phi) is 4.93. The zero-order valence-corrected chi connectivity index (χ0v) is 12.5. The number of aromatic nitrogens is 1. The standard InChI is InChI=1S/C15H20N2OS/c1-11-4-6-14(7-5-11)18-9-12(2)16-8-15-13(3)17-10-19-15/h4-7,10,12,16H,8-9H2,1-3H3. The normalized spacial score (nSPS) is 12.4. The first-order valence-corrected chi connectivity index (χ1v) is 7.35. The summed E-state index contributed by atoms with van der Waals surface area (Å²) in [5, 5.41) is 3.45. The maximum absolute atomic E-state index is 5.75. The van der Waals surface area contributed by atoms with Gasteiger partial charge in [-0.05, 0) is 32.9 Å². The molecule has 1 atom stereocenters. The van der Waals surface area contributed by atoms with Crippen LogP contribution in [0.4, 0.5) is 0 Å². The number of hydrogen-bond donors (Lipinski definition) is 1. The summed E-state index contributed by atoms with van der Waals surface area (Å²) in [6.45, 7) is 7.77. The van der Waals surface area contributed by atoms with Gasteiger partial charge in [-0.25, -0.2) is 4.98 Å². The lowest BCUT2D eigenvalue weighted by Gasteiger charge is -2.14. The Labute approximate surface area is 118 Å². The Balaban J connectivity index is 1.74. The van der Waals surface area contributed by atoms with Crippen LogP contribution in [-0.2, 0) is 6.54 Å². The zero-order chi connectivity index (χ0) is 13.7. The molecular formula is C15H20N2OS. The van der Waals surface area contributed by atoms with E-state index in [9.17, 15) is 0 Å². The molecule has 1 unspecified atom stereocenters. The molecule has 0 amide bonds. The van der Waals surface area contributed by atoms with Crippen LogP contribution in [0.3, 0.4) is 0 Å². The Morgan fingerprint density at radius 1 is 1.26 bits per heavy atom. The number of nitrogens with one attached hydrogen (secondary N) is 1. The summed E-state index contributed by atoms with van der Waals surface area (Å²) in [6, 6.07) is 8.45.